The van der Waals surface area contributed by atoms with Gasteiger partial charge in [-0.3, -0.25) is 9.89 Å². The Morgan fingerprint density at radius 2 is 1.88 bits per heavy atom. The van der Waals surface area contributed by atoms with Gasteiger partial charge in [-0.15, -0.1) is 24.0 Å². The van der Waals surface area contributed by atoms with Crippen molar-refractivity contribution in [2.75, 3.05) is 57.4 Å². The van der Waals surface area contributed by atoms with Crippen molar-refractivity contribution in [2.45, 2.75) is 33.6 Å². The molecule has 0 aromatic heterocycles. The van der Waals surface area contributed by atoms with Crippen LogP contribution in [0.15, 0.2) is 4.99 Å². The van der Waals surface area contributed by atoms with Crippen molar-refractivity contribution in [1.29, 1.82) is 0 Å². The highest BCUT2D eigenvalue weighted by Gasteiger charge is 2.21. The van der Waals surface area contributed by atoms with Crippen molar-refractivity contribution < 1.29 is 13.5 Å². The van der Waals surface area contributed by atoms with E-state index in [2.05, 4.69) is 34.4 Å². The van der Waals surface area contributed by atoms with Crippen LogP contribution in [0.1, 0.15) is 33.6 Å². The van der Waals surface area contributed by atoms with Gasteiger partial charge < -0.3 is 15.7 Å². The van der Waals surface area contributed by atoms with Crippen molar-refractivity contribution in [3.8, 4) is 0 Å². The zero-order valence-corrected chi connectivity index (χ0v) is 19.6. The summed E-state index contributed by atoms with van der Waals surface area (Å²) in [6.45, 7) is 10.9. The molecule has 7 nitrogen and oxygen atoms in total. The molecule has 1 aliphatic rings. The molecule has 1 rings (SSSR count). The number of guanidine groups is 1. The minimum absolute atomic E-state index is 0. The lowest BCUT2D eigenvalue weighted by Gasteiger charge is -2.26. The van der Waals surface area contributed by atoms with Gasteiger partial charge in [-0.1, -0.05) is 13.8 Å². The van der Waals surface area contributed by atoms with Crippen LogP contribution >= 0.6 is 24.0 Å². The first kappa shape index (κ1) is 25.9. The largest absolute Gasteiger partial charge is 0.396 e. The Balaban J connectivity index is 0.00000625. The van der Waals surface area contributed by atoms with Gasteiger partial charge in [0, 0.05) is 45.9 Å². The molecule has 0 radical (unpaired) electrons. The summed E-state index contributed by atoms with van der Waals surface area (Å²) >= 11 is 0. The molecule has 0 spiro atoms. The van der Waals surface area contributed by atoms with Crippen LogP contribution in [-0.4, -0.2) is 81.8 Å². The molecule has 1 heterocycles. The molecule has 0 bridgehead atoms. The minimum atomic E-state index is -2.82. The third kappa shape index (κ3) is 11.6. The second kappa shape index (κ2) is 14.0. The molecule has 0 aromatic rings. The molecular formula is C17H37IN4O3S. The summed E-state index contributed by atoms with van der Waals surface area (Å²) < 4.78 is 22.9. The first-order chi connectivity index (χ1) is 11.9. The molecule has 1 fully saturated rings. The third-order valence-electron chi connectivity index (χ3n) is 4.35. The van der Waals surface area contributed by atoms with Crippen LogP contribution in [0.5, 0.6) is 0 Å². The maximum absolute atomic E-state index is 11.5. The molecule has 0 amide bonds. The van der Waals surface area contributed by atoms with Gasteiger partial charge in [-0.2, -0.15) is 0 Å². The molecule has 0 aromatic carbocycles. The zero-order chi connectivity index (χ0) is 18.7. The fraction of sp³-hybridized carbons (Fsp3) is 0.941. The second-order valence-corrected chi connectivity index (χ2v) is 9.45. The van der Waals surface area contributed by atoms with E-state index in [1.165, 1.54) is 0 Å². The number of aliphatic hydroxyl groups is 1. The lowest BCUT2D eigenvalue weighted by molar-refractivity contribution is 0.245. The van der Waals surface area contributed by atoms with Crippen molar-refractivity contribution in [3.63, 3.8) is 0 Å². The predicted octanol–water partition coefficient (Wildman–Crippen LogP) is 0.935. The highest BCUT2D eigenvalue weighted by molar-refractivity contribution is 14.0. The van der Waals surface area contributed by atoms with Gasteiger partial charge >= 0.3 is 0 Å². The Labute approximate surface area is 176 Å². The van der Waals surface area contributed by atoms with E-state index < -0.39 is 9.84 Å². The Morgan fingerprint density at radius 3 is 2.42 bits per heavy atom. The van der Waals surface area contributed by atoms with E-state index in [-0.39, 0.29) is 42.1 Å². The molecule has 156 valence electrons. The van der Waals surface area contributed by atoms with Gasteiger partial charge in [0.15, 0.2) is 15.8 Å². The van der Waals surface area contributed by atoms with E-state index in [1.54, 1.807) is 0 Å². The number of halogens is 1. The van der Waals surface area contributed by atoms with Crippen molar-refractivity contribution in [1.82, 2.24) is 15.5 Å². The maximum Gasteiger partial charge on any atom is 0.191 e. The Bertz CT molecular complexity index is 486. The van der Waals surface area contributed by atoms with E-state index >= 15 is 0 Å². The monoisotopic (exact) mass is 504 g/mol. The molecule has 1 saturated heterocycles. The van der Waals surface area contributed by atoms with Crippen LogP contribution in [0.25, 0.3) is 0 Å². The Kier molecular flexibility index (Phi) is 13.9. The van der Waals surface area contributed by atoms with Gasteiger partial charge in [0.2, 0.25) is 0 Å². The van der Waals surface area contributed by atoms with Gasteiger partial charge in [0.1, 0.15) is 0 Å². The topological polar surface area (TPSA) is 94.0 Å². The molecule has 1 aliphatic heterocycles. The van der Waals surface area contributed by atoms with Crippen molar-refractivity contribution in [2.24, 2.45) is 16.8 Å². The predicted molar refractivity (Wildman–Crippen MR) is 119 cm³/mol. The number of aliphatic imine (C=N–C) groups is 1. The molecule has 26 heavy (non-hydrogen) atoms. The first-order valence-corrected chi connectivity index (χ1v) is 11.2. The van der Waals surface area contributed by atoms with Crippen LogP contribution in [-0.2, 0) is 9.84 Å². The fourth-order valence-electron chi connectivity index (χ4n) is 3.00. The van der Waals surface area contributed by atoms with Crippen molar-refractivity contribution >= 4 is 39.8 Å². The fourth-order valence-corrected chi connectivity index (χ4v) is 4.28. The molecular weight excluding hydrogens is 467 g/mol. The lowest BCUT2D eigenvalue weighted by atomic mass is 9.94. The van der Waals surface area contributed by atoms with Crippen LogP contribution in [0.3, 0.4) is 0 Å². The number of nitrogens with zero attached hydrogens (tertiary/aromatic N) is 2. The second-order valence-electron chi connectivity index (χ2n) is 7.15. The van der Waals surface area contributed by atoms with Crippen LogP contribution in [0.4, 0.5) is 0 Å². The number of hydrogen-bond acceptors (Lipinski definition) is 5. The average Bonchev–Trinajstić information content (AvgIpc) is 2.53. The number of rotatable bonds is 10. The molecule has 1 atom stereocenters. The summed E-state index contributed by atoms with van der Waals surface area (Å²) in [6.07, 6.45) is 1.84. The molecule has 1 unspecified atom stereocenters. The minimum Gasteiger partial charge on any atom is -0.396 e. The Morgan fingerprint density at radius 1 is 1.23 bits per heavy atom. The normalized spacial score (nSPS) is 19.0. The van der Waals surface area contributed by atoms with E-state index in [0.29, 0.717) is 31.5 Å². The van der Waals surface area contributed by atoms with Gasteiger partial charge in [-0.05, 0) is 31.6 Å². The quantitative estimate of drug-likeness (QED) is 0.233. The van der Waals surface area contributed by atoms with Crippen LogP contribution < -0.4 is 10.6 Å². The summed E-state index contributed by atoms with van der Waals surface area (Å²) in [6, 6.07) is 0. The molecule has 0 saturated carbocycles. The number of hydrogen-bond donors (Lipinski definition) is 3. The van der Waals surface area contributed by atoms with Gasteiger partial charge in [-0.25, -0.2) is 8.42 Å². The molecule has 3 N–H and O–H groups in total. The first-order valence-electron chi connectivity index (χ1n) is 9.42. The zero-order valence-electron chi connectivity index (χ0n) is 16.4. The van der Waals surface area contributed by atoms with Crippen molar-refractivity contribution in [3.05, 3.63) is 0 Å². The average molecular weight is 504 g/mol. The maximum atomic E-state index is 11.5. The van der Waals surface area contributed by atoms with E-state index in [4.69, 9.17) is 0 Å². The number of sulfone groups is 1. The third-order valence-corrected chi connectivity index (χ3v) is 5.96. The molecule has 0 aliphatic carbocycles. The van der Waals surface area contributed by atoms with Gasteiger partial charge in [0.25, 0.3) is 0 Å². The van der Waals surface area contributed by atoms with E-state index in [1.807, 2.05) is 6.92 Å². The standard InChI is InChI=1S/C17H36N4O3S.HI/c1-4-18-17(20-14-16(5-10-22)13-15(2)3)19-6-7-21-8-11-25(23,24)12-9-21;/h15-16,22H,4-14H2,1-3H3,(H2,18,19,20);1H. The Hall–Kier alpha value is -0.130. The van der Waals surface area contributed by atoms with E-state index in [0.717, 1.165) is 38.4 Å². The lowest BCUT2D eigenvalue weighted by Crippen LogP contribution is -2.46. The number of aliphatic hydroxyl groups excluding tert-OH is 1. The molecule has 9 heteroatoms. The highest BCUT2D eigenvalue weighted by Crippen LogP contribution is 2.15. The SMILES string of the molecule is CCNC(=NCC(CCO)CC(C)C)NCCN1CCS(=O)(=O)CC1.I. The summed E-state index contributed by atoms with van der Waals surface area (Å²) in [5.74, 6) is 2.31. The smallest absolute Gasteiger partial charge is 0.191 e. The van der Waals surface area contributed by atoms with E-state index in [9.17, 15) is 13.5 Å². The summed E-state index contributed by atoms with van der Waals surface area (Å²) in [5, 5.41) is 15.8. The summed E-state index contributed by atoms with van der Waals surface area (Å²) in [7, 11) is -2.82. The van der Waals surface area contributed by atoms with Crippen LogP contribution in [0.2, 0.25) is 0 Å². The highest BCUT2D eigenvalue weighted by atomic mass is 127. The van der Waals surface area contributed by atoms with Gasteiger partial charge in [0.05, 0.1) is 11.5 Å². The summed E-state index contributed by atoms with van der Waals surface area (Å²) in [4.78, 5) is 6.83. The summed E-state index contributed by atoms with van der Waals surface area (Å²) in [5.41, 5.74) is 0. The van der Waals surface area contributed by atoms with Crippen LogP contribution in [0, 0.1) is 11.8 Å². The number of nitrogens with one attached hydrogen (secondary N) is 2.